The summed E-state index contributed by atoms with van der Waals surface area (Å²) < 4.78 is 0. The zero-order valence-corrected chi connectivity index (χ0v) is 15.0. The van der Waals surface area contributed by atoms with E-state index in [-0.39, 0.29) is 0 Å². The van der Waals surface area contributed by atoms with E-state index in [2.05, 4.69) is 36.3 Å². The molecule has 2 rings (SSSR count). The van der Waals surface area contributed by atoms with Crippen molar-refractivity contribution in [3.05, 3.63) is 29.8 Å². The minimum atomic E-state index is -0.598. The van der Waals surface area contributed by atoms with Gasteiger partial charge < -0.3 is 15.5 Å². The number of aryl methyl sites for hydroxylation is 1. The highest BCUT2D eigenvalue weighted by Crippen LogP contribution is 2.18. The lowest BCUT2D eigenvalue weighted by Crippen LogP contribution is -2.43. The van der Waals surface area contributed by atoms with Crippen LogP contribution in [0.5, 0.6) is 0 Å². The van der Waals surface area contributed by atoms with E-state index in [4.69, 9.17) is 0 Å². The molecule has 0 aromatic heterocycles. The van der Waals surface area contributed by atoms with E-state index in [9.17, 15) is 9.59 Å². The summed E-state index contributed by atoms with van der Waals surface area (Å²) in [6.07, 6.45) is 3.08. The Morgan fingerprint density at radius 1 is 1.12 bits per heavy atom. The summed E-state index contributed by atoms with van der Waals surface area (Å²) in [6.45, 7) is 9.20. The highest BCUT2D eigenvalue weighted by Gasteiger charge is 2.22. The van der Waals surface area contributed by atoms with E-state index in [0.29, 0.717) is 24.2 Å². The first-order valence-electron chi connectivity index (χ1n) is 8.91. The molecule has 1 fully saturated rings. The molecule has 1 aliphatic rings. The summed E-state index contributed by atoms with van der Waals surface area (Å²) in [4.78, 5) is 26.4. The Labute approximate surface area is 144 Å². The number of piperidine rings is 1. The van der Waals surface area contributed by atoms with E-state index in [1.165, 1.54) is 5.56 Å². The van der Waals surface area contributed by atoms with Gasteiger partial charge in [-0.05, 0) is 69.8 Å². The molecule has 132 valence electrons. The molecular formula is C19H29N3O2. The fourth-order valence-corrected chi connectivity index (χ4v) is 3.00. The number of nitrogens with zero attached hydrogens (tertiary/aromatic N) is 1. The monoisotopic (exact) mass is 331 g/mol. The number of hydrogen-bond donors (Lipinski definition) is 2. The van der Waals surface area contributed by atoms with Crippen LogP contribution in [0.25, 0.3) is 0 Å². The number of hydrogen-bond acceptors (Lipinski definition) is 3. The van der Waals surface area contributed by atoms with Crippen LogP contribution in [0.2, 0.25) is 0 Å². The van der Waals surface area contributed by atoms with Gasteiger partial charge in [-0.2, -0.15) is 0 Å². The van der Waals surface area contributed by atoms with Crippen molar-refractivity contribution in [1.82, 2.24) is 10.2 Å². The maximum Gasteiger partial charge on any atom is 0.313 e. The Balaban J connectivity index is 1.73. The summed E-state index contributed by atoms with van der Waals surface area (Å²) >= 11 is 0. The molecule has 1 aromatic rings. The van der Waals surface area contributed by atoms with Crippen LogP contribution in [0.3, 0.4) is 0 Å². The molecule has 1 saturated heterocycles. The minimum absolute atomic E-state index is 0.459. The van der Waals surface area contributed by atoms with Gasteiger partial charge in [0.15, 0.2) is 0 Å². The molecule has 0 atom stereocenters. The van der Waals surface area contributed by atoms with Gasteiger partial charge in [0.25, 0.3) is 0 Å². The zero-order valence-electron chi connectivity index (χ0n) is 15.0. The number of amides is 2. The molecule has 2 amide bonds. The number of carbonyl (C=O) groups is 2. The molecule has 5 nitrogen and oxygen atoms in total. The predicted molar refractivity (Wildman–Crippen MR) is 96.9 cm³/mol. The van der Waals surface area contributed by atoms with Crippen LogP contribution in [0.1, 0.15) is 39.2 Å². The lowest BCUT2D eigenvalue weighted by atomic mass is 9.96. The number of likely N-dealkylation sites (tertiary alicyclic amines) is 1. The average molecular weight is 331 g/mol. The molecule has 24 heavy (non-hydrogen) atoms. The van der Waals surface area contributed by atoms with Gasteiger partial charge in [0.1, 0.15) is 0 Å². The molecular weight excluding hydrogens is 302 g/mol. The molecule has 5 heteroatoms. The standard InChI is InChI=1S/C19H29N3O2/c1-4-15-5-7-17(8-6-15)21-19(24)18(23)20-13-16-9-11-22(12-10-16)14(2)3/h5-8,14,16H,4,9-13H2,1-3H3,(H,20,23)(H,21,24). The topological polar surface area (TPSA) is 61.4 Å². The van der Waals surface area contributed by atoms with Crippen molar-refractivity contribution in [2.24, 2.45) is 5.92 Å². The molecule has 0 spiro atoms. The van der Waals surface area contributed by atoms with E-state index in [1.54, 1.807) is 0 Å². The molecule has 0 bridgehead atoms. The molecule has 0 aliphatic carbocycles. The Kier molecular flexibility index (Phi) is 6.79. The van der Waals surface area contributed by atoms with Gasteiger partial charge in [0.2, 0.25) is 0 Å². The van der Waals surface area contributed by atoms with Gasteiger partial charge in [-0.1, -0.05) is 19.1 Å². The van der Waals surface area contributed by atoms with Crippen molar-refractivity contribution < 1.29 is 9.59 Å². The van der Waals surface area contributed by atoms with Crippen LogP contribution < -0.4 is 10.6 Å². The number of benzene rings is 1. The second kappa shape index (κ2) is 8.83. The molecule has 0 radical (unpaired) electrons. The van der Waals surface area contributed by atoms with Crippen molar-refractivity contribution in [2.45, 2.75) is 46.1 Å². The van der Waals surface area contributed by atoms with Crippen LogP contribution in [0, 0.1) is 5.92 Å². The largest absolute Gasteiger partial charge is 0.348 e. The first-order valence-corrected chi connectivity index (χ1v) is 8.91. The fraction of sp³-hybridized carbons (Fsp3) is 0.579. The van der Waals surface area contributed by atoms with E-state index in [0.717, 1.165) is 32.4 Å². The smallest absolute Gasteiger partial charge is 0.313 e. The summed E-state index contributed by atoms with van der Waals surface area (Å²) in [5.41, 5.74) is 1.85. The van der Waals surface area contributed by atoms with E-state index in [1.807, 2.05) is 24.3 Å². The average Bonchev–Trinajstić information content (AvgIpc) is 2.60. The number of carbonyl (C=O) groups excluding carboxylic acids is 2. The van der Waals surface area contributed by atoms with Crippen LogP contribution in [-0.4, -0.2) is 42.4 Å². The Hall–Kier alpha value is -1.88. The van der Waals surface area contributed by atoms with Crippen LogP contribution in [0.4, 0.5) is 5.69 Å². The second-order valence-corrected chi connectivity index (χ2v) is 6.79. The molecule has 2 N–H and O–H groups in total. The van der Waals surface area contributed by atoms with Gasteiger partial charge in [0.05, 0.1) is 0 Å². The third-order valence-corrected chi connectivity index (χ3v) is 4.76. The summed E-state index contributed by atoms with van der Waals surface area (Å²) in [5, 5.41) is 5.41. The van der Waals surface area contributed by atoms with Crippen molar-refractivity contribution in [3.8, 4) is 0 Å². The van der Waals surface area contributed by atoms with Gasteiger partial charge in [-0.15, -0.1) is 0 Å². The lowest BCUT2D eigenvalue weighted by Gasteiger charge is -2.34. The van der Waals surface area contributed by atoms with Crippen molar-refractivity contribution in [2.75, 3.05) is 25.0 Å². The zero-order chi connectivity index (χ0) is 17.5. The van der Waals surface area contributed by atoms with Gasteiger partial charge in [-0.25, -0.2) is 0 Å². The van der Waals surface area contributed by atoms with E-state index < -0.39 is 11.8 Å². The van der Waals surface area contributed by atoms with Crippen molar-refractivity contribution >= 4 is 17.5 Å². The van der Waals surface area contributed by atoms with Crippen LogP contribution in [-0.2, 0) is 16.0 Å². The van der Waals surface area contributed by atoms with Gasteiger partial charge in [-0.3, -0.25) is 9.59 Å². The first-order chi connectivity index (χ1) is 11.5. The predicted octanol–water partition coefficient (Wildman–Crippen LogP) is 2.42. The highest BCUT2D eigenvalue weighted by atomic mass is 16.2. The van der Waals surface area contributed by atoms with Gasteiger partial charge in [0, 0.05) is 18.3 Å². The maximum absolute atomic E-state index is 12.0. The van der Waals surface area contributed by atoms with Crippen LogP contribution >= 0.6 is 0 Å². The number of nitrogens with one attached hydrogen (secondary N) is 2. The quantitative estimate of drug-likeness (QED) is 0.815. The van der Waals surface area contributed by atoms with Gasteiger partial charge >= 0.3 is 11.8 Å². The number of rotatable bonds is 5. The normalized spacial score (nSPS) is 16.2. The molecule has 0 unspecified atom stereocenters. The minimum Gasteiger partial charge on any atom is -0.348 e. The van der Waals surface area contributed by atoms with E-state index >= 15 is 0 Å². The highest BCUT2D eigenvalue weighted by molar-refractivity contribution is 6.39. The lowest BCUT2D eigenvalue weighted by molar-refractivity contribution is -0.136. The Bertz CT molecular complexity index is 546. The third kappa shape index (κ3) is 5.34. The first kappa shape index (κ1) is 18.5. The summed E-state index contributed by atoms with van der Waals surface area (Å²) in [5.74, 6) is -0.694. The summed E-state index contributed by atoms with van der Waals surface area (Å²) in [7, 11) is 0. The molecule has 1 aromatic carbocycles. The van der Waals surface area contributed by atoms with Crippen LogP contribution in [0.15, 0.2) is 24.3 Å². The summed E-state index contributed by atoms with van der Waals surface area (Å²) in [6, 6.07) is 8.13. The molecule has 1 heterocycles. The molecule has 1 aliphatic heterocycles. The Morgan fingerprint density at radius 3 is 2.29 bits per heavy atom. The SMILES string of the molecule is CCc1ccc(NC(=O)C(=O)NCC2CCN(C(C)C)CC2)cc1. The Morgan fingerprint density at radius 2 is 1.75 bits per heavy atom. The fourth-order valence-electron chi connectivity index (χ4n) is 3.00. The van der Waals surface area contributed by atoms with Crippen molar-refractivity contribution in [3.63, 3.8) is 0 Å². The second-order valence-electron chi connectivity index (χ2n) is 6.79. The molecule has 0 saturated carbocycles. The number of anilines is 1. The third-order valence-electron chi connectivity index (χ3n) is 4.76. The van der Waals surface area contributed by atoms with Crippen molar-refractivity contribution in [1.29, 1.82) is 0 Å². The maximum atomic E-state index is 12.0.